The first-order chi connectivity index (χ1) is 8.09. The Labute approximate surface area is 102 Å². The summed E-state index contributed by atoms with van der Waals surface area (Å²) in [5, 5.41) is 0. The van der Waals surface area contributed by atoms with Gasteiger partial charge in [-0.1, -0.05) is 19.4 Å². The van der Waals surface area contributed by atoms with E-state index in [1.807, 2.05) is 13.8 Å². The number of hydrogen-bond acceptors (Lipinski definition) is 3. The number of ether oxygens (including phenoxy) is 1. The highest BCUT2D eigenvalue weighted by Gasteiger charge is 2.38. The van der Waals surface area contributed by atoms with E-state index in [9.17, 15) is 9.59 Å². The monoisotopic (exact) mass is 237 g/mol. The summed E-state index contributed by atoms with van der Waals surface area (Å²) in [4.78, 5) is 24.9. The molecule has 0 bridgehead atoms. The second-order valence-corrected chi connectivity index (χ2v) is 5.11. The largest absolute Gasteiger partial charge is 0.447 e. The molecule has 1 atom stereocenters. The van der Waals surface area contributed by atoms with Crippen LogP contribution in [0.5, 0.6) is 0 Å². The summed E-state index contributed by atoms with van der Waals surface area (Å²) in [6.45, 7) is 4.32. The van der Waals surface area contributed by atoms with Crippen molar-refractivity contribution in [2.45, 2.75) is 45.6 Å². The van der Waals surface area contributed by atoms with E-state index in [1.165, 1.54) is 4.90 Å². The molecule has 0 aromatic heterocycles. The topological polar surface area (TPSA) is 46.6 Å². The number of imide groups is 1. The van der Waals surface area contributed by atoms with E-state index in [4.69, 9.17) is 4.74 Å². The van der Waals surface area contributed by atoms with Gasteiger partial charge in [0, 0.05) is 6.08 Å². The molecular weight excluding hydrogens is 218 g/mol. The fourth-order valence-corrected chi connectivity index (χ4v) is 2.40. The SMILES string of the molecule is CC(C)[C@H]1COC(=O)N1C(=O)C=C1CCCC1. The van der Waals surface area contributed by atoms with Gasteiger partial charge in [-0.3, -0.25) is 4.79 Å². The quantitative estimate of drug-likeness (QED) is 0.693. The zero-order chi connectivity index (χ0) is 12.4. The van der Waals surface area contributed by atoms with E-state index in [1.54, 1.807) is 6.08 Å². The molecule has 2 aliphatic rings. The summed E-state index contributed by atoms with van der Waals surface area (Å²) >= 11 is 0. The molecule has 0 aromatic rings. The summed E-state index contributed by atoms with van der Waals surface area (Å²) in [6.07, 6.45) is 5.41. The molecule has 2 amide bonds. The lowest BCUT2D eigenvalue weighted by Crippen LogP contribution is -2.41. The molecule has 2 fully saturated rings. The molecule has 0 N–H and O–H groups in total. The van der Waals surface area contributed by atoms with Crippen molar-refractivity contribution in [2.24, 2.45) is 5.92 Å². The van der Waals surface area contributed by atoms with Crippen molar-refractivity contribution in [2.75, 3.05) is 6.61 Å². The number of allylic oxidation sites excluding steroid dienone is 1. The fraction of sp³-hybridized carbons (Fsp3) is 0.692. The van der Waals surface area contributed by atoms with Gasteiger partial charge in [0.05, 0.1) is 6.04 Å². The number of rotatable bonds is 2. The number of nitrogens with zero attached hydrogens (tertiary/aromatic N) is 1. The highest BCUT2D eigenvalue weighted by molar-refractivity contribution is 6.00. The molecule has 0 unspecified atom stereocenters. The van der Waals surface area contributed by atoms with E-state index in [2.05, 4.69) is 0 Å². The average molecular weight is 237 g/mol. The van der Waals surface area contributed by atoms with Gasteiger partial charge in [0.25, 0.3) is 5.91 Å². The van der Waals surface area contributed by atoms with Crippen LogP contribution >= 0.6 is 0 Å². The Morgan fingerprint density at radius 1 is 1.41 bits per heavy atom. The predicted molar refractivity (Wildman–Crippen MR) is 63.4 cm³/mol. The van der Waals surface area contributed by atoms with Crippen LogP contribution in [0, 0.1) is 5.92 Å². The van der Waals surface area contributed by atoms with Gasteiger partial charge in [0.2, 0.25) is 0 Å². The molecular formula is C13H19NO3. The van der Waals surface area contributed by atoms with Crippen LogP contribution in [-0.2, 0) is 9.53 Å². The van der Waals surface area contributed by atoms with Crippen LogP contribution in [-0.4, -0.2) is 29.5 Å². The molecule has 4 nitrogen and oxygen atoms in total. The molecule has 17 heavy (non-hydrogen) atoms. The summed E-state index contributed by atoms with van der Waals surface area (Å²) in [6, 6.07) is -0.117. The van der Waals surface area contributed by atoms with Gasteiger partial charge >= 0.3 is 6.09 Å². The zero-order valence-electron chi connectivity index (χ0n) is 10.4. The molecule has 2 rings (SSSR count). The standard InChI is InChI=1S/C13H19NO3/c1-9(2)11-8-17-13(16)14(11)12(15)7-10-5-3-4-6-10/h7,9,11H,3-6,8H2,1-2H3/t11-/m1/s1. The minimum Gasteiger partial charge on any atom is -0.447 e. The summed E-state index contributed by atoms with van der Waals surface area (Å²) in [5.74, 6) is 0.0236. The van der Waals surface area contributed by atoms with Crippen LogP contribution in [0.15, 0.2) is 11.6 Å². The first-order valence-electron chi connectivity index (χ1n) is 6.29. The van der Waals surface area contributed by atoms with E-state index >= 15 is 0 Å². The van der Waals surface area contributed by atoms with Gasteiger partial charge in [0.15, 0.2) is 0 Å². The van der Waals surface area contributed by atoms with Gasteiger partial charge in [0.1, 0.15) is 6.61 Å². The Kier molecular flexibility index (Phi) is 3.50. The maximum absolute atomic E-state index is 12.1. The van der Waals surface area contributed by atoms with Crippen LogP contribution in [0.25, 0.3) is 0 Å². The highest BCUT2D eigenvalue weighted by atomic mass is 16.6. The minimum absolute atomic E-state index is 0.117. The summed E-state index contributed by atoms with van der Waals surface area (Å²) < 4.78 is 4.96. The number of hydrogen-bond donors (Lipinski definition) is 0. The third-order valence-corrected chi connectivity index (χ3v) is 3.49. The zero-order valence-corrected chi connectivity index (χ0v) is 10.4. The Hall–Kier alpha value is -1.32. The van der Waals surface area contributed by atoms with Crippen molar-refractivity contribution < 1.29 is 14.3 Å². The van der Waals surface area contributed by atoms with Crippen molar-refractivity contribution >= 4 is 12.0 Å². The predicted octanol–water partition coefficient (Wildman–Crippen LogP) is 2.49. The lowest BCUT2D eigenvalue weighted by molar-refractivity contribution is -0.124. The Bertz CT molecular complexity index is 352. The number of cyclic esters (lactones) is 1. The molecule has 1 saturated carbocycles. The number of carbonyl (C=O) groups excluding carboxylic acids is 2. The van der Waals surface area contributed by atoms with Crippen LogP contribution in [0.1, 0.15) is 39.5 Å². The highest BCUT2D eigenvalue weighted by Crippen LogP contribution is 2.25. The molecule has 94 valence electrons. The second kappa shape index (κ2) is 4.90. The van der Waals surface area contributed by atoms with Crippen molar-refractivity contribution in [3.63, 3.8) is 0 Å². The lowest BCUT2D eigenvalue weighted by Gasteiger charge is -2.21. The molecule has 1 aliphatic carbocycles. The van der Waals surface area contributed by atoms with E-state index in [-0.39, 0.29) is 17.9 Å². The van der Waals surface area contributed by atoms with Crippen molar-refractivity contribution in [1.29, 1.82) is 0 Å². The van der Waals surface area contributed by atoms with Gasteiger partial charge < -0.3 is 4.74 Å². The minimum atomic E-state index is -0.497. The number of amides is 2. The molecule has 1 aliphatic heterocycles. The maximum Gasteiger partial charge on any atom is 0.417 e. The van der Waals surface area contributed by atoms with Crippen LogP contribution in [0.3, 0.4) is 0 Å². The molecule has 4 heteroatoms. The van der Waals surface area contributed by atoms with Crippen LogP contribution in [0.2, 0.25) is 0 Å². The van der Waals surface area contributed by atoms with Crippen molar-refractivity contribution in [1.82, 2.24) is 4.90 Å². The second-order valence-electron chi connectivity index (χ2n) is 5.11. The van der Waals surface area contributed by atoms with Gasteiger partial charge in [-0.2, -0.15) is 0 Å². The molecule has 0 radical (unpaired) electrons. The van der Waals surface area contributed by atoms with Gasteiger partial charge in [-0.15, -0.1) is 0 Å². The number of carbonyl (C=O) groups is 2. The Morgan fingerprint density at radius 2 is 2.06 bits per heavy atom. The summed E-state index contributed by atoms with van der Waals surface area (Å²) in [7, 11) is 0. The van der Waals surface area contributed by atoms with Crippen molar-refractivity contribution in [3.05, 3.63) is 11.6 Å². The van der Waals surface area contributed by atoms with Crippen molar-refractivity contribution in [3.8, 4) is 0 Å². The maximum atomic E-state index is 12.1. The van der Waals surface area contributed by atoms with E-state index in [0.717, 1.165) is 31.3 Å². The normalized spacial score (nSPS) is 24.4. The smallest absolute Gasteiger partial charge is 0.417 e. The van der Waals surface area contributed by atoms with Gasteiger partial charge in [-0.25, -0.2) is 9.69 Å². The van der Waals surface area contributed by atoms with E-state index < -0.39 is 6.09 Å². The Morgan fingerprint density at radius 3 is 2.65 bits per heavy atom. The first-order valence-corrected chi connectivity index (χ1v) is 6.29. The third kappa shape index (κ3) is 2.51. The summed E-state index contributed by atoms with van der Waals surface area (Å²) in [5.41, 5.74) is 1.16. The molecule has 1 heterocycles. The van der Waals surface area contributed by atoms with Crippen LogP contribution < -0.4 is 0 Å². The molecule has 1 saturated heterocycles. The Balaban J connectivity index is 2.11. The lowest BCUT2D eigenvalue weighted by atomic mass is 10.0. The molecule has 0 aromatic carbocycles. The third-order valence-electron chi connectivity index (χ3n) is 3.49. The first kappa shape index (κ1) is 12.1. The van der Waals surface area contributed by atoms with Gasteiger partial charge in [-0.05, 0) is 31.6 Å². The average Bonchev–Trinajstić information content (AvgIpc) is 2.86. The molecule has 0 spiro atoms. The van der Waals surface area contributed by atoms with Crippen LogP contribution in [0.4, 0.5) is 4.79 Å². The fourth-order valence-electron chi connectivity index (χ4n) is 2.40. The van der Waals surface area contributed by atoms with E-state index in [0.29, 0.717) is 6.61 Å².